The lowest BCUT2D eigenvalue weighted by Gasteiger charge is -2.14. The molecule has 0 fully saturated rings. The molecule has 0 spiro atoms. The van der Waals surface area contributed by atoms with Gasteiger partial charge in [-0.25, -0.2) is 4.39 Å². The van der Waals surface area contributed by atoms with E-state index >= 15 is 0 Å². The predicted octanol–water partition coefficient (Wildman–Crippen LogP) is 5.63. The molecule has 6 heteroatoms. The first kappa shape index (κ1) is 20.8. The smallest absolute Gasteiger partial charge is 0.248 e. The summed E-state index contributed by atoms with van der Waals surface area (Å²) in [6, 6.07) is 7.70. The third kappa shape index (κ3) is 6.00. The monoisotopic (exact) mass is 391 g/mol. The van der Waals surface area contributed by atoms with E-state index in [4.69, 9.17) is 21.1 Å². The number of carbonyl (C=O) groups is 1. The van der Waals surface area contributed by atoms with Crippen LogP contribution in [0.5, 0.6) is 11.5 Å². The molecule has 27 heavy (non-hydrogen) atoms. The molecular weight excluding hydrogens is 369 g/mol. The molecule has 2 aromatic rings. The van der Waals surface area contributed by atoms with E-state index in [9.17, 15) is 9.18 Å². The maximum atomic E-state index is 13.3. The van der Waals surface area contributed by atoms with Crippen molar-refractivity contribution in [3.8, 4) is 11.5 Å². The first-order valence-electron chi connectivity index (χ1n) is 8.79. The lowest BCUT2D eigenvalue weighted by Crippen LogP contribution is -2.09. The summed E-state index contributed by atoms with van der Waals surface area (Å²) in [6.45, 7) is 6.66. The molecule has 0 bridgehead atoms. The lowest BCUT2D eigenvalue weighted by atomic mass is 10.1. The Morgan fingerprint density at radius 2 is 2.00 bits per heavy atom. The zero-order valence-electron chi connectivity index (χ0n) is 15.6. The van der Waals surface area contributed by atoms with Crippen molar-refractivity contribution in [1.29, 1.82) is 0 Å². The van der Waals surface area contributed by atoms with E-state index in [0.717, 1.165) is 12.0 Å². The highest BCUT2D eigenvalue weighted by molar-refractivity contribution is 6.32. The highest BCUT2D eigenvalue weighted by atomic mass is 35.5. The Balaban J connectivity index is 2.17. The summed E-state index contributed by atoms with van der Waals surface area (Å²) in [5.41, 5.74) is 1.90. The van der Waals surface area contributed by atoms with Crippen LogP contribution in [0, 0.1) is 12.7 Å². The molecule has 0 atom stereocenters. The minimum absolute atomic E-state index is 0.371. The number of benzene rings is 2. The van der Waals surface area contributed by atoms with E-state index in [-0.39, 0.29) is 5.91 Å². The summed E-state index contributed by atoms with van der Waals surface area (Å²) >= 11 is 6.31. The number of hydrogen-bond donors (Lipinski definition) is 1. The van der Waals surface area contributed by atoms with Crippen LogP contribution in [0.15, 0.2) is 36.4 Å². The van der Waals surface area contributed by atoms with Gasteiger partial charge in [0, 0.05) is 11.8 Å². The maximum Gasteiger partial charge on any atom is 0.248 e. The van der Waals surface area contributed by atoms with Gasteiger partial charge in [0.15, 0.2) is 11.5 Å². The maximum absolute atomic E-state index is 13.3. The second-order valence-corrected chi connectivity index (χ2v) is 6.30. The van der Waals surface area contributed by atoms with E-state index in [0.29, 0.717) is 41.0 Å². The van der Waals surface area contributed by atoms with Gasteiger partial charge in [-0.2, -0.15) is 0 Å². The quantitative estimate of drug-likeness (QED) is 0.593. The Morgan fingerprint density at radius 3 is 2.70 bits per heavy atom. The fourth-order valence-corrected chi connectivity index (χ4v) is 2.64. The van der Waals surface area contributed by atoms with Crippen molar-refractivity contribution in [3.63, 3.8) is 0 Å². The van der Waals surface area contributed by atoms with Crippen molar-refractivity contribution in [1.82, 2.24) is 0 Å². The highest BCUT2D eigenvalue weighted by Crippen LogP contribution is 2.37. The van der Waals surface area contributed by atoms with Gasteiger partial charge in [0.1, 0.15) is 5.82 Å². The van der Waals surface area contributed by atoms with Crippen LogP contribution in [0.25, 0.3) is 6.08 Å². The van der Waals surface area contributed by atoms with Crippen LogP contribution in [0.1, 0.15) is 31.4 Å². The van der Waals surface area contributed by atoms with E-state index in [2.05, 4.69) is 5.32 Å². The topological polar surface area (TPSA) is 47.6 Å². The fraction of sp³-hybridized carbons (Fsp3) is 0.286. The Labute approximate surface area is 163 Å². The number of halogens is 2. The second-order valence-electron chi connectivity index (χ2n) is 5.89. The first-order valence-corrected chi connectivity index (χ1v) is 9.16. The number of nitrogens with one attached hydrogen (secondary N) is 1. The van der Waals surface area contributed by atoms with Crippen LogP contribution < -0.4 is 14.8 Å². The lowest BCUT2D eigenvalue weighted by molar-refractivity contribution is -0.111. The average molecular weight is 392 g/mol. The summed E-state index contributed by atoms with van der Waals surface area (Å²) in [6.07, 6.45) is 3.82. The summed E-state index contributed by atoms with van der Waals surface area (Å²) in [5, 5.41) is 3.07. The molecule has 2 rings (SSSR count). The van der Waals surface area contributed by atoms with Crippen molar-refractivity contribution in [2.45, 2.75) is 27.2 Å². The summed E-state index contributed by atoms with van der Waals surface area (Å²) < 4.78 is 24.6. The molecule has 0 aromatic heterocycles. The van der Waals surface area contributed by atoms with E-state index in [1.54, 1.807) is 31.2 Å². The average Bonchev–Trinajstić information content (AvgIpc) is 2.62. The molecule has 2 aromatic carbocycles. The predicted molar refractivity (Wildman–Crippen MR) is 107 cm³/mol. The van der Waals surface area contributed by atoms with E-state index in [1.165, 1.54) is 18.2 Å². The fourth-order valence-electron chi connectivity index (χ4n) is 2.37. The van der Waals surface area contributed by atoms with Crippen LogP contribution in [-0.2, 0) is 4.79 Å². The zero-order chi connectivity index (χ0) is 19.8. The Kier molecular flexibility index (Phi) is 7.67. The third-order valence-electron chi connectivity index (χ3n) is 3.67. The molecule has 0 aliphatic rings. The number of anilines is 1. The SMILES string of the molecule is CCCOc1c(Cl)cc(/C=C/C(=O)Nc2cc(F)ccc2C)cc1OCC. The van der Waals surface area contributed by atoms with Gasteiger partial charge in [-0.3, -0.25) is 4.79 Å². The number of ether oxygens (including phenoxy) is 2. The van der Waals surface area contributed by atoms with Gasteiger partial charge in [0.25, 0.3) is 0 Å². The summed E-state index contributed by atoms with van der Waals surface area (Å²) in [4.78, 5) is 12.1. The van der Waals surface area contributed by atoms with Gasteiger partial charge in [0.2, 0.25) is 5.91 Å². The molecule has 0 radical (unpaired) electrons. The molecule has 0 unspecified atom stereocenters. The Hall–Kier alpha value is -2.53. The van der Waals surface area contributed by atoms with Crippen LogP contribution in [0.4, 0.5) is 10.1 Å². The number of carbonyl (C=O) groups excluding carboxylic acids is 1. The Bertz CT molecular complexity index is 836. The standard InChI is InChI=1S/C21H23ClFNO3/c1-4-10-27-21-17(22)11-15(12-19(21)26-5-2)7-9-20(25)24-18-13-16(23)8-6-14(18)3/h6-9,11-13H,4-5,10H2,1-3H3,(H,24,25)/b9-7+. The van der Waals surface area contributed by atoms with Gasteiger partial charge in [-0.15, -0.1) is 0 Å². The first-order chi connectivity index (χ1) is 12.9. The van der Waals surface area contributed by atoms with Crippen molar-refractivity contribution >= 4 is 29.3 Å². The molecule has 0 heterocycles. The number of amides is 1. The zero-order valence-corrected chi connectivity index (χ0v) is 16.4. The molecule has 1 N–H and O–H groups in total. The molecule has 0 saturated heterocycles. The van der Waals surface area contributed by atoms with Crippen molar-refractivity contribution in [3.05, 3.63) is 58.4 Å². The van der Waals surface area contributed by atoms with Crippen LogP contribution >= 0.6 is 11.6 Å². The van der Waals surface area contributed by atoms with Crippen LogP contribution in [0.3, 0.4) is 0 Å². The highest BCUT2D eigenvalue weighted by Gasteiger charge is 2.12. The van der Waals surface area contributed by atoms with Crippen LogP contribution in [-0.4, -0.2) is 19.1 Å². The minimum Gasteiger partial charge on any atom is -0.490 e. The largest absolute Gasteiger partial charge is 0.490 e. The summed E-state index contributed by atoms with van der Waals surface area (Å²) in [7, 11) is 0. The van der Waals surface area contributed by atoms with Gasteiger partial charge >= 0.3 is 0 Å². The van der Waals surface area contributed by atoms with E-state index < -0.39 is 5.82 Å². The molecule has 0 saturated carbocycles. The van der Waals surface area contributed by atoms with Crippen molar-refractivity contribution in [2.75, 3.05) is 18.5 Å². The number of aryl methyl sites for hydroxylation is 1. The molecule has 0 aliphatic carbocycles. The molecule has 144 valence electrons. The van der Waals surface area contributed by atoms with Gasteiger partial charge < -0.3 is 14.8 Å². The van der Waals surface area contributed by atoms with Crippen molar-refractivity contribution in [2.24, 2.45) is 0 Å². The normalized spacial score (nSPS) is 10.9. The van der Waals surface area contributed by atoms with Gasteiger partial charge in [0.05, 0.1) is 18.2 Å². The number of hydrogen-bond acceptors (Lipinski definition) is 3. The van der Waals surface area contributed by atoms with Gasteiger partial charge in [-0.1, -0.05) is 24.6 Å². The second kappa shape index (κ2) is 9.97. The molecule has 1 amide bonds. The van der Waals surface area contributed by atoms with Crippen LogP contribution in [0.2, 0.25) is 5.02 Å². The Morgan fingerprint density at radius 1 is 1.22 bits per heavy atom. The minimum atomic E-state index is -0.407. The van der Waals surface area contributed by atoms with Crippen molar-refractivity contribution < 1.29 is 18.7 Å². The third-order valence-corrected chi connectivity index (χ3v) is 3.95. The van der Waals surface area contributed by atoms with Gasteiger partial charge in [-0.05, 0) is 61.7 Å². The molecule has 0 aliphatic heterocycles. The number of rotatable bonds is 8. The molecule has 4 nitrogen and oxygen atoms in total. The molecular formula is C21H23ClFNO3. The van der Waals surface area contributed by atoms with E-state index in [1.807, 2.05) is 13.8 Å². The summed E-state index contributed by atoms with van der Waals surface area (Å²) in [5.74, 6) is 0.247.